The SMILES string of the molecule is Cc1cc(C(=O)[O-])c(C)cc1OCc1ccccc1. The highest BCUT2D eigenvalue weighted by Crippen LogP contribution is 2.23. The first-order chi connectivity index (χ1) is 9.08. The summed E-state index contributed by atoms with van der Waals surface area (Å²) in [6, 6.07) is 13.2. The minimum Gasteiger partial charge on any atom is -0.545 e. The van der Waals surface area contributed by atoms with Gasteiger partial charge < -0.3 is 14.6 Å². The summed E-state index contributed by atoms with van der Waals surface area (Å²) < 4.78 is 5.73. The van der Waals surface area contributed by atoms with Crippen LogP contribution in [0.5, 0.6) is 5.75 Å². The van der Waals surface area contributed by atoms with Gasteiger partial charge in [-0.3, -0.25) is 0 Å². The van der Waals surface area contributed by atoms with Gasteiger partial charge in [0.1, 0.15) is 12.4 Å². The molecule has 3 heteroatoms. The molecule has 0 saturated heterocycles. The van der Waals surface area contributed by atoms with Crippen molar-refractivity contribution < 1.29 is 14.6 Å². The molecule has 0 heterocycles. The monoisotopic (exact) mass is 255 g/mol. The number of aromatic carboxylic acids is 1. The van der Waals surface area contributed by atoms with E-state index in [1.807, 2.05) is 37.3 Å². The lowest BCUT2D eigenvalue weighted by Gasteiger charge is -2.14. The van der Waals surface area contributed by atoms with Crippen LogP contribution in [0, 0.1) is 13.8 Å². The van der Waals surface area contributed by atoms with Gasteiger partial charge in [-0.15, -0.1) is 0 Å². The Balaban J connectivity index is 2.17. The van der Waals surface area contributed by atoms with E-state index in [9.17, 15) is 9.90 Å². The third-order valence-corrected chi connectivity index (χ3v) is 2.98. The second-order valence-corrected chi connectivity index (χ2v) is 4.49. The van der Waals surface area contributed by atoms with E-state index in [1.54, 1.807) is 19.1 Å². The van der Waals surface area contributed by atoms with Gasteiger partial charge in [0.2, 0.25) is 0 Å². The van der Waals surface area contributed by atoms with Crippen molar-refractivity contribution in [3.8, 4) is 5.75 Å². The molecule has 0 aliphatic carbocycles. The van der Waals surface area contributed by atoms with E-state index in [0.29, 0.717) is 17.9 Å². The maximum Gasteiger partial charge on any atom is 0.123 e. The number of benzene rings is 2. The van der Waals surface area contributed by atoms with Crippen molar-refractivity contribution in [1.82, 2.24) is 0 Å². The molecule has 2 aromatic rings. The molecule has 0 bridgehead atoms. The molecule has 0 radical (unpaired) electrons. The van der Waals surface area contributed by atoms with E-state index in [1.165, 1.54) is 0 Å². The van der Waals surface area contributed by atoms with Crippen LogP contribution in [0.1, 0.15) is 27.0 Å². The average Bonchev–Trinajstić information content (AvgIpc) is 2.40. The predicted molar refractivity (Wildman–Crippen MR) is 71.0 cm³/mol. The van der Waals surface area contributed by atoms with Gasteiger partial charge in [-0.1, -0.05) is 30.3 Å². The Bertz CT molecular complexity index is 588. The Morgan fingerprint density at radius 1 is 1.11 bits per heavy atom. The second-order valence-electron chi connectivity index (χ2n) is 4.49. The second kappa shape index (κ2) is 5.57. The van der Waals surface area contributed by atoms with Crippen molar-refractivity contribution in [2.24, 2.45) is 0 Å². The Hall–Kier alpha value is -2.29. The van der Waals surface area contributed by atoms with Crippen LogP contribution in [0.3, 0.4) is 0 Å². The molecule has 98 valence electrons. The molecule has 19 heavy (non-hydrogen) atoms. The summed E-state index contributed by atoms with van der Waals surface area (Å²) in [5.74, 6) is -0.457. The number of hydrogen-bond donors (Lipinski definition) is 0. The number of ether oxygens (including phenoxy) is 1. The van der Waals surface area contributed by atoms with Gasteiger partial charge >= 0.3 is 0 Å². The van der Waals surface area contributed by atoms with Crippen molar-refractivity contribution >= 4 is 5.97 Å². The maximum atomic E-state index is 10.9. The lowest BCUT2D eigenvalue weighted by atomic mass is 10.0. The number of rotatable bonds is 4. The standard InChI is InChI=1S/C16H16O3/c1-11-9-15(12(2)8-14(11)16(17)18)19-10-13-6-4-3-5-7-13/h3-9H,10H2,1-2H3,(H,17,18)/p-1. The Labute approximate surface area is 112 Å². The van der Waals surface area contributed by atoms with Crippen LogP contribution >= 0.6 is 0 Å². The molecular formula is C16H15O3-. The maximum absolute atomic E-state index is 10.9. The first-order valence-corrected chi connectivity index (χ1v) is 6.07. The molecule has 0 aliphatic heterocycles. The smallest absolute Gasteiger partial charge is 0.123 e. The highest BCUT2D eigenvalue weighted by molar-refractivity contribution is 5.88. The highest BCUT2D eigenvalue weighted by Gasteiger charge is 2.06. The number of carboxylic acid groups (broad SMARTS) is 1. The van der Waals surface area contributed by atoms with Crippen LogP contribution in [0.15, 0.2) is 42.5 Å². The Kier molecular flexibility index (Phi) is 3.85. The van der Waals surface area contributed by atoms with E-state index < -0.39 is 5.97 Å². The zero-order valence-electron chi connectivity index (χ0n) is 11.0. The normalized spacial score (nSPS) is 10.2. The van der Waals surface area contributed by atoms with Crippen LogP contribution in [0.2, 0.25) is 0 Å². The minimum atomic E-state index is -1.16. The molecule has 0 atom stereocenters. The molecule has 0 saturated carbocycles. The first-order valence-electron chi connectivity index (χ1n) is 6.07. The zero-order valence-corrected chi connectivity index (χ0v) is 11.0. The van der Waals surface area contributed by atoms with Gasteiger partial charge in [-0.25, -0.2) is 0 Å². The van der Waals surface area contributed by atoms with Crippen LogP contribution < -0.4 is 9.84 Å². The van der Waals surface area contributed by atoms with Crippen molar-refractivity contribution in [2.45, 2.75) is 20.5 Å². The average molecular weight is 255 g/mol. The van der Waals surface area contributed by atoms with E-state index in [0.717, 1.165) is 11.1 Å². The number of aryl methyl sites for hydroxylation is 2. The summed E-state index contributed by atoms with van der Waals surface area (Å²) >= 11 is 0. The van der Waals surface area contributed by atoms with E-state index >= 15 is 0 Å². The molecule has 0 unspecified atom stereocenters. The number of carbonyl (C=O) groups is 1. The van der Waals surface area contributed by atoms with Crippen molar-refractivity contribution in [3.63, 3.8) is 0 Å². The fourth-order valence-electron chi connectivity index (χ4n) is 1.90. The van der Waals surface area contributed by atoms with Crippen LogP contribution in [-0.4, -0.2) is 5.97 Å². The third-order valence-electron chi connectivity index (χ3n) is 2.98. The van der Waals surface area contributed by atoms with Crippen molar-refractivity contribution in [1.29, 1.82) is 0 Å². The lowest BCUT2D eigenvalue weighted by molar-refractivity contribution is -0.255. The molecule has 0 aliphatic rings. The molecule has 0 fully saturated rings. The first kappa shape index (κ1) is 13.1. The number of carbonyl (C=O) groups excluding carboxylic acids is 1. The topological polar surface area (TPSA) is 49.4 Å². The molecule has 2 aromatic carbocycles. The Morgan fingerprint density at radius 3 is 2.42 bits per heavy atom. The summed E-state index contributed by atoms with van der Waals surface area (Å²) in [5.41, 5.74) is 2.72. The van der Waals surface area contributed by atoms with Crippen molar-refractivity contribution in [2.75, 3.05) is 0 Å². The fraction of sp³-hybridized carbons (Fsp3) is 0.188. The summed E-state index contributed by atoms with van der Waals surface area (Å²) in [5, 5.41) is 10.9. The number of carboxylic acids is 1. The minimum absolute atomic E-state index is 0.213. The van der Waals surface area contributed by atoms with Gasteiger partial charge in [0, 0.05) is 5.56 Å². The molecule has 0 N–H and O–H groups in total. The molecule has 0 aromatic heterocycles. The van der Waals surface area contributed by atoms with Gasteiger partial charge in [0.05, 0.1) is 5.97 Å². The van der Waals surface area contributed by atoms with Crippen LogP contribution in [0.4, 0.5) is 0 Å². The largest absolute Gasteiger partial charge is 0.545 e. The van der Waals surface area contributed by atoms with E-state index in [-0.39, 0.29) is 5.56 Å². The zero-order chi connectivity index (χ0) is 13.8. The molecule has 2 rings (SSSR count). The summed E-state index contributed by atoms with van der Waals surface area (Å²) in [6.45, 7) is 4.03. The van der Waals surface area contributed by atoms with Crippen molar-refractivity contribution in [3.05, 3.63) is 64.7 Å². The highest BCUT2D eigenvalue weighted by atomic mass is 16.5. The molecule has 3 nitrogen and oxygen atoms in total. The van der Waals surface area contributed by atoms with Gasteiger partial charge in [0.25, 0.3) is 0 Å². The van der Waals surface area contributed by atoms with Crippen LogP contribution in [-0.2, 0) is 6.61 Å². The molecular weight excluding hydrogens is 240 g/mol. The third kappa shape index (κ3) is 3.13. The summed E-state index contributed by atoms with van der Waals surface area (Å²) in [7, 11) is 0. The Morgan fingerprint density at radius 2 is 1.79 bits per heavy atom. The van der Waals surface area contributed by atoms with Crippen LogP contribution in [0.25, 0.3) is 0 Å². The summed E-state index contributed by atoms with van der Waals surface area (Å²) in [6.07, 6.45) is 0. The molecule has 0 spiro atoms. The lowest BCUT2D eigenvalue weighted by Crippen LogP contribution is -2.23. The van der Waals surface area contributed by atoms with E-state index in [2.05, 4.69) is 0 Å². The van der Waals surface area contributed by atoms with E-state index in [4.69, 9.17) is 4.74 Å². The summed E-state index contributed by atoms with van der Waals surface area (Å²) in [4.78, 5) is 10.9. The van der Waals surface area contributed by atoms with Gasteiger partial charge in [0.15, 0.2) is 0 Å². The quantitative estimate of drug-likeness (QED) is 0.842. The number of hydrogen-bond acceptors (Lipinski definition) is 3. The van der Waals surface area contributed by atoms with Gasteiger partial charge in [-0.2, -0.15) is 0 Å². The van der Waals surface area contributed by atoms with Gasteiger partial charge in [-0.05, 0) is 42.7 Å². The predicted octanol–water partition coefficient (Wildman–Crippen LogP) is 2.25. The fourth-order valence-corrected chi connectivity index (χ4v) is 1.90. The molecule has 0 amide bonds.